The number of rotatable bonds is 4. The highest BCUT2D eigenvalue weighted by Crippen LogP contribution is 2.35. The number of carbonyl (C=O) groups excluding carboxylic acids is 1. The van der Waals surface area contributed by atoms with Crippen molar-refractivity contribution in [2.75, 3.05) is 18.4 Å². The predicted octanol–water partition coefficient (Wildman–Crippen LogP) is 4.14. The molecule has 1 aliphatic heterocycles. The van der Waals surface area contributed by atoms with Crippen molar-refractivity contribution < 1.29 is 18.0 Å². The Hall–Kier alpha value is -2.71. The van der Waals surface area contributed by atoms with Gasteiger partial charge in [0, 0.05) is 37.3 Å². The normalized spacial score (nSPS) is 20.2. The highest BCUT2D eigenvalue weighted by atomic mass is 19.4. The Kier molecular flexibility index (Phi) is 5.38. The van der Waals surface area contributed by atoms with E-state index in [1.54, 1.807) is 6.07 Å². The summed E-state index contributed by atoms with van der Waals surface area (Å²) in [6.45, 7) is 1.34. The number of amides is 1. The fourth-order valence-electron chi connectivity index (χ4n) is 3.83. The number of alkyl halides is 3. The van der Waals surface area contributed by atoms with Crippen LogP contribution in [0, 0.1) is 5.92 Å². The van der Waals surface area contributed by atoms with Gasteiger partial charge in [0.25, 0.3) is 0 Å². The van der Waals surface area contributed by atoms with Crippen LogP contribution in [0.3, 0.4) is 0 Å². The van der Waals surface area contributed by atoms with Crippen LogP contribution in [0.2, 0.25) is 0 Å². The maximum absolute atomic E-state index is 13.2. The number of pyridine rings is 1. The molecule has 0 unspecified atom stereocenters. The lowest BCUT2D eigenvalue weighted by Gasteiger charge is -2.37. The van der Waals surface area contributed by atoms with Gasteiger partial charge in [-0.1, -0.05) is 6.42 Å². The smallest absolute Gasteiger partial charge is 0.342 e. The number of anilines is 2. The van der Waals surface area contributed by atoms with E-state index in [0.29, 0.717) is 6.54 Å². The molecule has 0 spiro atoms. The van der Waals surface area contributed by atoms with Crippen LogP contribution in [0.1, 0.15) is 49.3 Å². The molecular formula is C20H22F3N5O. The molecule has 0 bridgehead atoms. The highest BCUT2D eigenvalue weighted by molar-refractivity contribution is 5.79. The van der Waals surface area contributed by atoms with Crippen molar-refractivity contribution in [1.82, 2.24) is 19.9 Å². The molecule has 2 aromatic rings. The lowest BCUT2D eigenvalue weighted by molar-refractivity contribution is -0.139. The highest BCUT2D eigenvalue weighted by Gasteiger charge is 2.35. The first-order chi connectivity index (χ1) is 13.9. The van der Waals surface area contributed by atoms with E-state index in [1.807, 2.05) is 4.90 Å². The van der Waals surface area contributed by atoms with Crippen molar-refractivity contribution in [2.45, 2.75) is 44.2 Å². The van der Waals surface area contributed by atoms with Crippen LogP contribution in [-0.4, -0.2) is 38.8 Å². The van der Waals surface area contributed by atoms with Crippen molar-refractivity contribution in [3.63, 3.8) is 0 Å². The van der Waals surface area contributed by atoms with E-state index in [1.165, 1.54) is 18.5 Å². The monoisotopic (exact) mass is 405 g/mol. The molecule has 1 N–H and O–H groups in total. The second kappa shape index (κ2) is 7.96. The lowest BCUT2D eigenvalue weighted by Crippen LogP contribution is -2.44. The number of carbonyl (C=O) groups is 1. The fourth-order valence-corrected chi connectivity index (χ4v) is 3.83. The number of halogens is 3. The second-order valence-electron chi connectivity index (χ2n) is 7.58. The Bertz CT molecular complexity index is 884. The zero-order valence-corrected chi connectivity index (χ0v) is 15.8. The number of likely N-dealkylation sites (tertiary alicyclic amines) is 1. The standard InChI is InChI=1S/C20H22F3N5O/c21-20(22,23)15-7-2-9-24-17(15)27-19-25-10-8-16(26-19)14-6-3-11-28(12-14)18(29)13-4-1-5-13/h2,7-10,13-14H,1,3-6,11-12H2,(H,24,25,26,27)/t14-/m0/s1. The third-order valence-electron chi connectivity index (χ3n) is 5.63. The topological polar surface area (TPSA) is 71.0 Å². The van der Waals surface area contributed by atoms with Crippen LogP contribution in [0.25, 0.3) is 0 Å². The van der Waals surface area contributed by atoms with Crippen molar-refractivity contribution in [3.05, 3.63) is 41.9 Å². The molecule has 1 atom stereocenters. The van der Waals surface area contributed by atoms with E-state index in [-0.39, 0.29) is 29.5 Å². The van der Waals surface area contributed by atoms with Gasteiger partial charge >= 0.3 is 6.18 Å². The van der Waals surface area contributed by atoms with Crippen LogP contribution in [0.15, 0.2) is 30.6 Å². The molecule has 3 heterocycles. The summed E-state index contributed by atoms with van der Waals surface area (Å²) in [4.78, 5) is 26.7. The first-order valence-electron chi connectivity index (χ1n) is 9.83. The third kappa shape index (κ3) is 4.33. The van der Waals surface area contributed by atoms with Gasteiger partial charge in [0.05, 0.1) is 11.3 Å². The molecule has 2 fully saturated rings. The minimum atomic E-state index is -4.53. The summed E-state index contributed by atoms with van der Waals surface area (Å²) in [6.07, 6.45) is 3.08. The molecule has 1 aliphatic carbocycles. The molecule has 1 saturated heterocycles. The molecule has 29 heavy (non-hydrogen) atoms. The fraction of sp³-hybridized carbons (Fsp3) is 0.500. The molecule has 9 heteroatoms. The van der Waals surface area contributed by atoms with Gasteiger partial charge in [-0.2, -0.15) is 13.2 Å². The largest absolute Gasteiger partial charge is 0.419 e. The molecule has 0 radical (unpaired) electrons. The van der Waals surface area contributed by atoms with Crippen LogP contribution >= 0.6 is 0 Å². The van der Waals surface area contributed by atoms with Crippen molar-refractivity contribution in [2.24, 2.45) is 5.92 Å². The summed E-state index contributed by atoms with van der Waals surface area (Å²) in [5.74, 6) is 0.150. The molecule has 6 nitrogen and oxygen atoms in total. The predicted molar refractivity (Wildman–Crippen MR) is 100 cm³/mol. The average Bonchev–Trinajstić information content (AvgIpc) is 2.66. The van der Waals surface area contributed by atoms with E-state index >= 15 is 0 Å². The van der Waals surface area contributed by atoms with Crippen LogP contribution < -0.4 is 5.32 Å². The van der Waals surface area contributed by atoms with E-state index in [4.69, 9.17) is 0 Å². The summed E-state index contributed by atoms with van der Waals surface area (Å²) in [7, 11) is 0. The Morgan fingerprint density at radius 3 is 2.66 bits per heavy atom. The number of piperidine rings is 1. The van der Waals surface area contributed by atoms with E-state index < -0.39 is 11.7 Å². The van der Waals surface area contributed by atoms with Gasteiger partial charge in [-0.25, -0.2) is 15.0 Å². The van der Waals surface area contributed by atoms with Crippen molar-refractivity contribution >= 4 is 17.7 Å². The van der Waals surface area contributed by atoms with Gasteiger partial charge in [0.1, 0.15) is 5.82 Å². The summed E-state index contributed by atoms with van der Waals surface area (Å²) in [6, 6.07) is 3.96. The van der Waals surface area contributed by atoms with Crippen molar-refractivity contribution in [3.8, 4) is 0 Å². The number of hydrogen-bond donors (Lipinski definition) is 1. The minimum absolute atomic E-state index is 0.0437. The van der Waals surface area contributed by atoms with Crippen molar-refractivity contribution in [1.29, 1.82) is 0 Å². The average molecular weight is 405 g/mol. The van der Waals surface area contributed by atoms with Gasteiger partial charge in [0.15, 0.2) is 0 Å². The van der Waals surface area contributed by atoms with Gasteiger partial charge in [-0.15, -0.1) is 0 Å². The van der Waals surface area contributed by atoms with Crippen LogP contribution in [0.5, 0.6) is 0 Å². The van der Waals surface area contributed by atoms with Gasteiger partial charge in [-0.3, -0.25) is 4.79 Å². The molecule has 4 rings (SSSR count). The lowest BCUT2D eigenvalue weighted by atomic mass is 9.83. The van der Waals surface area contributed by atoms with Gasteiger partial charge < -0.3 is 10.2 Å². The summed E-state index contributed by atoms with van der Waals surface area (Å²) < 4.78 is 39.5. The molecule has 154 valence electrons. The quantitative estimate of drug-likeness (QED) is 0.828. The molecule has 1 amide bonds. The number of aromatic nitrogens is 3. The maximum Gasteiger partial charge on any atom is 0.419 e. The van der Waals surface area contributed by atoms with Crippen LogP contribution in [0.4, 0.5) is 24.9 Å². The first kappa shape index (κ1) is 19.6. The van der Waals surface area contributed by atoms with E-state index in [0.717, 1.165) is 50.4 Å². The SMILES string of the molecule is O=C(C1CCC1)N1CCC[C@H](c2ccnc(Nc3ncccc3C(F)(F)F)n2)C1. The van der Waals surface area contributed by atoms with Gasteiger partial charge in [0.2, 0.25) is 11.9 Å². The summed E-state index contributed by atoms with van der Waals surface area (Å²) in [5.41, 5.74) is -0.151. The van der Waals surface area contributed by atoms with Crippen LogP contribution in [-0.2, 0) is 11.0 Å². The Morgan fingerprint density at radius 1 is 1.10 bits per heavy atom. The summed E-state index contributed by atoms with van der Waals surface area (Å²) >= 11 is 0. The Morgan fingerprint density at radius 2 is 1.93 bits per heavy atom. The minimum Gasteiger partial charge on any atom is -0.342 e. The second-order valence-corrected chi connectivity index (χ2v) is 7.58. The van der Waals surface area contributed by atoms with E-state index in [9.17, 15) is 18.0 Å². The number of hydrogen-bond acceptors (Lipinski definition) is 5. The Labute approximate surface area is 166 Å². The number of nitrogens with one attached hydrogen (secondary N) is 1. The van der Waals surface area contributed by atoms with E-state index in [2.05, 4.69) is 20.3 Å². The molecular weight excluding hydrogens is 383 g/mol. The summed E-state index contributed by atoms with van der Waals surface area (Å²) in [5, 5.41) is 2.60. The molecule has 0 aromatic carbocycles. The zero-order valence-electron chi connectivity index (χ0n) is 15.8. The Balaban J connectivity index is 1.50. The maximum atomic E-state index is 13.2. The molecule has 2 aliphatic rings. The molecule has 1 saturated carbocycles. The third-order valence-corrected chi connectivity index (χ3v) is 5.63. The van der Waals surface area contributed by atoms with Gasteiger partial charge in [-0.05, 0) is 43.9 Å². The first-order valence-corrected chi connectivity index (χ1v) is 9.83. The molecule has 2 aromatic heterocycles. The zero-order chi connectivity index (χ0) is 20.4. The number of nitrogens with zero attached hydrogens (tertiary/aromatic N) is 4.